The van der Waals surface area contributed by atoms with Crippen molar-refractivity contribution in [2.24, 2.45) is 7.05 Å². The SMILES string of the molecule is Cc1c(Cl)c(-c2nnc(-c3ccc4c(c3)OCO4)o2)nn1C. The monoisotopic (exact) mass is 318 g/mol. The van der Waals surface area contributed by atoms with Crippen molar-refractivity contribution in [3.63, 3.8) is 0 Å². The van der Waals surface area contributed by atoms with Gasteiger partial charge >= 0.3 is 0 Å². The van der Waals surface area contributed by atoms with Gasteiger partial charge in [0.1, 0.15) is 0 Å². The lowest BCUT2D eigenvalue weighted by atomic mass is 10.2. The predicted molar refractivity (Wildman–Crippen MR) is 77.8 cm³/mol. The number of aromatic nitrogens is 4. The summed E-state index contributed by atoms with van der Waals surface area (Å²) in [5.74, 6) is 2.00. The highest BCUT2D eigenvalue weighted by molar-refractivity contribution is 6.33. The first kappa shape index (κ1) is 13.1. The van der Waals surface area contributed by atoms with Crippen LogP contribution in [0.2, 0.25) is 5.02 Å². The summed E-state index contributed by atoms with van der Waals surface area (Å²) >= 11 is 6.23. The molecule has 0 fully saturated rings. The number of aryl methyl sites for hydroxylation is 1. The van der Waals surface area contributed by atoms with E-state index in [1.165, 1.54) is 0 Å². The molecular formula is C14H11ClN4O3. The van der Waals surface area contributed by atoms with E-state index < -0.39 is 0 Å². The van der Waals surface area contributed by atoms with Gasteiger partial charge in [0.15, 0.2) is 17.2 Å². The Morgan fingerprint density at radius 1 is 1.14 bits per heavy atom. The van der Waals surface area contributed by atoms with E-state index in [0.717, 1.165) is 11.3 Å². The van der Waals surface area contributed by atoms with Crippen LogP contribution in [-0.2, 0) is 7.05 Å². The molecular weight excluding hydrogens is 308 g/mol. The molecule has 0 unspecified atom stereocenters. The van der Waals surface area contributed by atoms with Gasteiger partial charge in [-0.05, 0) is 25.1 Å². The minimum atomic E-state index is 0.219. The molecule has 112 valence electrons. The Balaban J connectivity index is 1.73. The summed E-state index contributed by atoms with van der Waals surface area (Å²) in [6.07, 6.45) is 0. The summed E-state index contributed by atoms with van der Waals surface area (Å²) in [6, 6.07) is 5.43. The Kier molecular flexibility index (Phi) is 2.83. The van der Waals surface area contributed by atoms with E-state index in [1.54, 1.807) is 23.9 Å². The van der Waals surface area contributed by atoms with E-state index in [2.05, 4.69) is 15.3 Å². The lowest BCUT2D eigenvalue weighted by Gasteiger charge is -1.97. The van der Waals surface area contributed by atoms with E-state index in [0.29, 0.717) is 28.1 Å². The van der Waals surface area contributed by atoms with Gasteiger partial charge < -0.3 is 13.9 Å². The third-order valence-electron chi connectivity index (χ3n) is 3.51. The fraction of sp³-hybridized carbons (Fsp3) is 0.214. The van der Waals surface area contributed by atoms with Crippen molar-refractivity contribution in [1.29, 1.82) is 0 Å². The zero-order valence-electron chi connectivity index (χ0n) is 11.8. The molecule has 0 saturated carbocycles. The fourth-order valence-corrected chi connectivity index (χ4v) is 2.43. The fourth-order valence-electron chi connectivity index (χ4n) is 2.18. The third-order valence-corrected chi connectivity index (χ3v) is 3.96. The highest BCUT2D eigenvalue weighted by atomic mass is 35.5. The summed E-state index contributed by atoms with van der Waals surface area (Å²) in [4.78, 5) is 0. The minimum absolute atomic E-state index is 0.219. The smallest absolute Gasteiger partial charge is 0.270 e. The van der Waals surface area contributed by atoms with Gasteiger partial charge in [0.2, 0.25) is 12.7 Å². The first-order valence-corrected chi connectivity index (χ1v) is 6.94. The maximum absolute atomic E-state index is 6.23. The van der Waals surface area contributed by atoms with Crippen molar-refractivity contribution < 1.29 is 13.9 Å². The molecule has 1 aliphatic rings. The van der Waals surface area contributed by atoms with Crippen LogP contribution in [0.4, 0.5) is 0 Å². The van der Waals surface area contributed by atoms with Gasteiger partial charge in [0.05, 0.1) is 10.7 Å². The van der Waals surface area contributed by atoms with Crippen LogP contribution in [0.5, 0.6) is 11.5 Å². The molecule has 0 aliphatic carbocycles. The maximum atomic E-state index is 6.23. The van der Waals surface area contributed by atoms with Gasteiger partial charge in [-0.25, -0.2) is 0 Å². The number of fused-ring (bicyclic) bond motifs is 1. The first-order chi connectivity index (χ1) is 10.6. The number of hydrogen-bond donors (Lipinski definition) is 0. The lowest BCUT2D eigenvalue weighted by Crippen LogP contribution is -1.92. The van der Waals surface area contributed by atoms with Gasteiger partial charge in [0, 0.05) is 12.6 Å². The summed E-state index contributed by atoms with van der Waals surface area (Å²) in [6.45, 7) is 2.09. The van der Waals surface area contributed by atoms with Crippen molar-refractivity contribution in [2.45, 2.75) is 6.92 Å². The second-order valence-electron chi connectivity index (χ2n) is 4.85. The second-order valence-corrected chi connectivity index (χ2v) is 5.23. The topological polar surface area (TPSA) is 75.2 Å². The Hall–Kier alpha value is -2.54. The van der Waals surface area contributed by atoms with Crippen LogP contribution in [0.15, 0.2) is 22.6 Å². The van der Waals surface area contributed by atoms with Crippen LogP contribution in [-0.4, -0.2) is 26.8 Å². The summed E-state index contributed by atoms with van der Waals surface area (Å²) in [7, 11) is 1.81. The molecule has 4 rings (SSSR count). The highest BCUT2D eigenvalue weighted by Crippen LogP contribution is 2.36. The maximum Gasteiger partial charge on any atom is 0.270 e. The van der Waals surface area contributed by atoms with Crippen molar-refractivity contribution in [2.75, 3.05) is 6.79 Å². The number of ether oxygens (including phenoxy) is 2. The van der Waals surface area contributed by atoms with Crippen LogP contribution < -0.4 is 9.47 Å². The summed E-state index contributed by atoms with van der Waals surface area (Å²) in [5.41, 5.74) is 2.05. The highest BCUT2D eigenvalue weighted by Gasteiger charge is 2.21. The molecule has 1 aromatic carbocycles. The molecule has 3 heterocycles. The third kappa shape index (κ3) is 1.93. The largest absolute Gasteiger partial charge is 0.454 e. The molecule has 0 spiro atoms. The number of hydrogen-bond acceptors (Lipinski definition) is 6. The molecule has 0 saturated heterocycles. The van der Waals surface area contributed by atoms with Crippen LogP contribution >= 0.6 is 11.6 Å². The molecule has 0 bridgehead atoms. The van der Waals surface area contributed by atoms with Crippen molar-refractivity contribution >= 4 is 11.6 Å². The molecule has 22 heavy (non-hydrogen) atoms. The molecule has 0 amide bonds. The van der Waals surface area contributed by atoms with Crippen LogP contribution in [0.3, 0.4) is 0 Å². The van der Waals surface area contributed by atoms with Crippen molar-refractivity contribution in [3.8, 4) is 34.5 Å². The van der Waals surface area contributed by atoms with Crippen LogP contribution in [0.25, 0.3) is 23.0 Å². The van der Waals surface area contributed by atoms with E-state index in [9.17, 15) is 0 Å². The van der Waals surface area contributed by atoms with Gasteiger partial charge in [-0.15, -0.1) is 10.2 Å². The molecule has 8 heteroatoms. The minimum Gasteiger partial charge on any atom is -0.454 e. The number of nitrogens with zero attached hydrogens (tertiary/aromatic N) is 4. The molecule has 1 aliphatic heterocycles. The zero-order chi connectivity index (χ0) is 15.3. The zero-order valence-corrected chi connectivity index (χ0v) is 12.6. The molecule has 0 N–H and O–H groups in total. The first-order valence-electron chi connectivity index (χ1n) is 6.56. The molecule has 0 atom stereocenters. The predicted octanol–water partition coefficient (Wildman–Crippen LogP) is 2.83. The number of rotatable bonds is 2. The Bertz CT molecular complexity index is 871. The van der Waals surface area contributed by atoms with Crippen LogP contribution in [0, 0.1) is 6.92 Å². The Labute approximate surface area is 130 Å². The van der Waals surface area contributed by atoms with Gasteiger partial charge in [-0.1, -0.05) is 11.6 Å². The Morgan fingerprint density at radius 2 is 1.91 bits per heavy atom. The average Bonchev–Trinajstić information content (AvgIpc) is 3.22. The van der Waals surface area contributed by atoms with Gasteiger partial charge in [-0.3, -0.25) is 4.68 Å². The standard InChI is InChI=1S/C14H11ClN4O3/c1-7-11(15)12(18-19(7)2)14-17-16-13(22-14)8-3-4-9-10(5-8)21-6-20-9/h3-5H,6H2,1-2H3. The quantitative estimate of drug-likeness (QED) is 0.723. The van der Waals surface area contributed by atoms with Crippen molar-refractivity contribution in [3.05, 3.63) is 28.9 Å². The van der Waals surface area contributed by atoms with E-state index in [-0.39, 0.29) is 12.7 Å². The van der Waals surface area contributed by atoms with E-state index in [4.69, 9.17) is 25.5 Å². The average molecular weight is 319 g/mol. The molecule has 7 nitrogen and oxygen atoms in total. The number of halogens is 1. The number of benzene rings is 1. The van der Waals surface area contributed by atoms with Gasteiger partial charge in [-0.2, -0.15) is 5.10 Å². The van der Waals surface area contributed by atoms with Crippen molar-refractivity contribution in [1.82, 2.24) is 20.0 Å². The lowest BCUT2D eigenvalue weighted by molar-refractivity contribution is 0.174. The normalized spacial score (nSPS) is 12.9. The molecule has 0 radical (unpaired) electrons. The van der Waals surface area contributed by atoms with Gasteiger partial charge in [0.25, 0.3) is 5.89 Å². The van der Waals surface area contributed by atoms with Crippen LogP contribution in [0.1, 0.15) is 5.69 Å². The second kappa shape index (κ2) is 4.74. The molecule has 2 aromatic heterocycles. The van der Waals surface area contributed by atoms with E-state index >= 15 is 0 Å². The Morgan fingerprint density at radius 3 is 2.68 bits per heavy atom. The van der Waals surface area contributed by atoms with E-state index in [1.807, 2.05) is 13.0 Å². The summed E-state index contributed by atoms with van der Waals surface area (Å²) < 4.78 is 18.0. The molecule has 3 aromatic rings. The summed E-state index contributed by atoms with van der Waals surface area (Å²) in [5, 5.41) is 12.9.